The summed E-state index contributed by atoms with van der Waals surface area (Å²) in [5.41, 5.74) is 3.30. The van der Waals surface area contributed by atoms with Crippen LogP contribution < -0.4 is 0 Å². The van der Waals surface area contributed by atoms with E-state index in [-0.39, 0.29) is 10.3 Å². The number of carbonyl (C=O) groups is 1. The van der Waals surface area contributed by atoms with Crippen molar-refractivity contribution in [3.63, 3.8) is 0 Å². The van der Waals surface area contributed by atoms with Crippen molar-refractivity contribution >= 4 is 5.97 Å². The summed E-state index contributed by atoms with van der Waals surface area (Å²) in [7, 11) is 1.67. The number of methoxy groups -OCH3 is 1. The Morgan fingerprint density at radius 3 is 1.89 bits per heavy atom. The third kappa shape index (κ3) is 0.164. The molecule has 9 atom stereocenters. The molecular formula is C24H20FeO2. The van der Waals surface area contributed by atoms with Crippen LogP contribution >= 0.6 is 0 Å². The third-order valence-electron chi connectivity index (χ3n) is 17.9. The van der Waals surface area contributed by atoms with Gasteiger partial charge in [-0.25, -0.2) is 0 Å². The van der Waals surface area contributed by atoms with Crippen LogP contribution in [0.15, 0.2) is 60.7 Å². The summed E-state index contributed by atoms with van der Waals surface area (Å²) >= 11 is 0. The van der Waals surface area contributed by atoms with Crippen LogP contribution in [-0.2, 0) is 24.7 Å². The molecule has 0 saturated carbocycles. The van der Waals surface area contributed by atoms with Gasteiger partial charge < -0.3 is 0 Å². The van der Waals surface area contributed by atoms with Gasteiger partial charge in [-0.1, -0.05) is 0 Å². The molecule has 10 aliphatic rings. The molecule has 0 aromatic heterocycles. The average Bonchev–Trinajstić information content (AvgIpc) is 3.68. The van der Waals surface area contributed by atoms with E-state index in [1.807, 2.05) is 0 Å². The molecule has 10 fully saturated rings. The molecule has 10 saturated heterocycles. The molecule has 2 aromatic rings. The fourth-order valence-electron chi connectivity index (χ4n) is 20.6. The second kappa shape index (κ2) is 1.28. The Labute approximate surface area is 147 Å². The van der Waals surface area contributed by atoms with E-state index in [1.165, 1.54) is 0 Å². The van der Waals surface area contributed by atoms with Gasteiger partial charge in [-0.3, -0.25) is 0 Å². The van der Waals surface area contributed by atoms with Crippen molar-refractivity contribution in [1.29, 1.82) is 0 Å². The molecule has 27 heavy (non-hydrogen) atoms. The van der Waals surface area contributed by atoms with Crippen LogP contribution in [0.1, 0.15) is 11.1 Å². The van der Waals surface area contributed by atoms with Crippen molar-refractivity contribution in [1.82, 2.24) is 0 Å². The summed E-state index contributed by atoms with van der Waals surface area (Å²) in [5, 5.41) is 0. The SMILES string of the molecule is COC(=O)[C]12[CH]3[CH]4[C]5(c6ccccc6)[CH]1[Fe]34251678[CH]2[CH]1[CH]6[C]7(c1ccccc1)[CH]28. The second-order valence-corrected chi connectivity index (χ2v) is 36.0. The van der Waals surface area contributed by atoms with Gasteiger partial charge in [0.05, 0.1) is 0 Å². The summed E-state index contributed by atoms with van der Waals surface area (Å²) in [5.74, 6) is 0.250. The van der Waals surface area contributed by atoms with E-state index in [1.54, 1.807) is 18.2 Å². The van der Waals surface area contributed by atoms with Gasteiger partial charge in [0, 0.05) is 0 Å². The summed E-state index contributed by atoms with van der Waals surface area (Å²) in [4.78, 5) is 20.1. The van der Waals surface area contributed by atoms with Crippen LogP contribution in [0.25, 0.3) is 0 Å². The Morgan fingerprint density at radius 2 is 1.37 bits per heavy atom. The van der Waals surface area contributed by atoms with E-state index in [0.717, 1.165) is 33.7 Å². The van der Waals surface area contributed by atoms with Gasteiger partial charge in [-0.2, -0.15) is 0 Å². The number of fused-ring (bicyclic) bond motifs is 10. The van der Waals surface area contributed by atoms with Crippen LogP contribution in [0.2, 0.25) is 38.0 Å². The van der Waals surface area contributed by atoms with Crippen molar-refractivity contribution in [2.45, 2.75) is 46.7 Å². The van der Waals surface area contributed by atoms with Crippen molar-refractivity contribution in [2.24, 2.45) is 0 Å². The van der Waals surface area contributed by atoms with E-state index in [4.69, 9.17) is 4.74 Å². The molecular weight excluding hydrogens is 376 g/mol. The molecule has 1 spiro atoms. The number of hydrogen-bond acceptors (Lipinski definition) is 2. The summed E-state index contributed by atoms with van der Waals surface area (Å²) in [6.07, 6.45) is 0. The van der Waals surface area contributed by atoms with Gasteiger partial charge in [0.2, 0.25) is 0 Å². The molecule has 3 heteroatoms. The Morgan fingerprint density at radius 1 is 0.815 bits per heavy atom. The van der Waals surface area contributed by atoms with Crippen molar-refractivity contribution in [3.8, 4) is 0 Å². The third-order valence-corrected chi connectivity index (χ3v) is 61.0. The normalized spacial score (nSPS) is 84.4. The zero-order chi connectivity index (χ0) is 17.4. The molecule has 9 unspecified atom stereocenters. The maximum atomic E-state index is 13.5. The fourth-order valence-corrected chi connectivity index (χ4v) is 98.2. The Balaban J connectivity index is 1.38. The van der Waals surface area contributed by atoms with Crippen LogP contribution in [0.3, 0.4) is 0 Å². The predicted octanol–water partition coefficient (Wildman–Crippen LogP) is 5.13. The molecule has 2 aromatic carbocycles. The van der Waals surface area contributed by atoms with Crippen molar-refractivity contribution in [3.05, 3.63) is 71.8 Å². The average molecular weight is 396 g/mol. The standard InChI is InChI=1S/C13H11O2.C11H9.Fe/c1-15-13(14)12-8-7-11(9-12)10-5-3-2-4-6-10;1-2-6-10(7-3-1)11-8-4-5-9-11;/h2-9H,1H3;1-9H;. The number of hydrogen-bond donors (Lipinski definition) is 0. The van der Waals surface area contributed by atoms with Crippen LogP contribution in [0, 0.1) is 0 Å². The van der Waals surface area contributed by atoms with E-state index < -0.39 is 6.51 Å². The zero-order valence-electron chi connectivity index (χ0n) is 15.0. The summed E-state index contributed by atoms with van der Waals surface area (Å²) in [6.45, 7) is -4.15. The Kier molecular flexibility index (Phi) is 0.541. The number of carbonyl (C=O) groups excluding carboxylic acids is 1. The molecule has 10 aliphatic heterocycles. The fraction of sp³-hybridized carbons (Fsp3) is 0.458. The molecule has 0 N–H and O–H groups in total. The molecule has 12 rings (SSSR count). The molecule has 10 heterocycles. The van der Waals surface area contributed by atoms with Gasteiger partial charge >= 0.3 is 148 Å². The van der Waals surface area contributed by atoms with Gasteiger partial charge in [-0.05, 0) is 0 Å². The number of rotatable bonds is 3. The topological polar surface area (TPSA) is 26.3 Å². The van der Waals surface area contributed by atoms with Crippen LogP contribution in [0.5, 0.6) is 0 Å². The predicted molar refractivity (Wildman–Crippen MR) is 97.2 cm³/mol. The summed E-state index contributed by atoms with van der Waals surface area (Å²) in [6, 6.07) is 23.1. The first-order valence-electron chi connectivity index (χ1n) is 10.4. The van der Waals surface area contributed by atoms with Crippen LogP contribution in [-0.4, -0.2) is 13.1 Å². The van der Waals surface area contributed by atoms with Gasteiger partial charge in [-0.15, -0.1) is 0 Å². The van der Waals surface area contributed by atoms with E-state index >= 15 is 0 Å². The quantitative estimate of drug-likeness (QED) is 0.531. The van der Waals surface area contributed by atoms with E-state index in [2.05, 4.69) is 60.7 Å². The molecule has 0 bridgehead atoms. The Bertz CT molecular complexity index is 1620. The molecule has 136 valence electrons. The van der Waals surface area contributed by atoms with Gasteiger partial charge in [0.15, 0.2) is 0 Å². The van der Waals surface area contributed by atoms with Crippen molar-refractivity contribution in [2.75, 3.05) is 7.11 Å². The van der Waals surface area contributed by atoms with E-state index in [9.17, 15) is 4.79 Å². The first-order valence-corrected chi connectivity index (χ1v) is 16.5. The van der Waals surface area contributed by atoms with Gasteiger partial charge in [0.1, 0.15) is 0 Å². The molecule has 0 amide bonds. The first-order chi connectivity index (χ1) is 13.0. The molecule has 0 aliphatic carbocycles. The molecule has 0 radical (unpaired) electrons. The minimum atomic E-state index is -4.15. The van der Waals surface area contributed by atoms with Crippen LogP contribution in [0.4, 0.5) is 0 Å². The van der Waals surface area contributed by atoms with Gasteiger partial charge in [0.25, 0.3) is 0 Å². The molecule has 2 nitrogen and oxygen atoms in total. The summed E-state index contributed by atoms with van der Waals surface area (Å²) < 4.78 is 6.70. The van der Waals surface area contributed by atoms with Crippen molar-refractivity contribution < 1.29 is 16.0 Å². The maximum absolute atomic E-state index is 13.5. The number of benzene rings is 2. The minimum absolute atomic E-state index is 0.0736. The Hall–Kier alpha value is -1.57. The zero-order valence-corrected chi connectivity index (χ0v) is 16.1. The first kappa shape index (κ1) is 11.4. The monoisotopic (exact) mass is 396 g/mol. The second-order valence-electron chi connectivity index (χ2n) is 13.1. The number of esters is 1. The van der Waals surface area contributed by atoms with E-state index in [0.29, 0.717) is 8.63 Å². The number of ether oxygens (including phenoxy) is 1.